The van der Waals surface area contributed by atoms with Crippen molar-refractivity contribution in [2.45, 2.75) is 19.8 Å². The van der Waals surface area contributed by atoms with Crippen molar-refractivity contribution in [1.82, 2.24) is 0 Å². The number of aliphatic carboxylic acids is 2. The first-order valence-electron chi connectivity index (χ1n) is 4.11. The Morgan fingerprint density at radius 3 is 2.38 bits per heavy atom. The largest absolute Gasteiger partial charge is 0.481 e. The van der Waals surface area contributed by atoms with Crippen molar-refractivity contribution in [3.05, 3.63) is 12.2 Å². The fourth-order valence-corrected chi connectivity index (χ4v) is 1.35. The van der Waals surface area contributed by atoms with Gasteiger partial charge < -0.3 is 10.2 Å². The van der Waals surface area contributed by atoms with Crippen LogP contribution in [0, 0.1) is 11.3 Å². The van der Waals surface area contributed by atoms with E-state index < -0.39 is 23.3 Å². The van der Waals surface area contributed by atoms with E-state index in [1.54, 1.807) is 6.92 Å². The van der Waals surface area contributed by atoms with Gasteiger partial charge in [-0.1, -0.05) is 12.2 Å². The summed E-state index contributed by atoms with van der Waals surface area (Å²) in [5.41, 5.74) is -0.883. The van der Waals surface area contributed by atoms with Crippen LogP contribution in [-0.2, 0) is 9.59 Å². The molecule has 0 aliphatic heterocycles. The third kappa shape index (κ3) is 1.88. The molecule has 13 heavy (non-hydrogen) atoms. The Kier molecular flexibility index (Phi) is 2.40. The van der Waals surface area contributed by atoms with Crippen LogP contribution in [0.5, 0.6) is 0 Å². The number of hydrogen-bond donors (Lipinski definition) is 2. The van der Waals surface area contributed by atoms with Crippen LogP contribution in [0.4, 0.5) is 0 Å². The van der Waals surface area contributed by atoms with Gasteiger partial charge in [-0.05, 0) is 19.8 Å². The number of carboxylic acid groups (broad SMARTS) is 2. The van der Waals surface area contributed by atoms with Crippen LogP contribution in [0.3, 0.4) is 0 Å². The van der Waals surface area contributed by atoms with E-state index in [1.807, 2.05) is 0 Å². The standard InChI is InChI=1S/C9H12O4/c1-9(8(12)13)4-2-6(3-5-9)7(10)11/h2,4,6H,3,5H2,1H3,(H,10,11)(H,12,13). The Morgan fingerprint density at radius 2 is 2.08 bits per heavy atom. The van der Waals surface area contributed by atoms with E-state index in [1.165, 1.54) is 12.2 Å². The smallest absolute Gasteiger partial charge is 0.313 e. The van der Waals surface area contributed by atoms with Gasteiger partial charge in [-0.15, -0.1) is 0 Å². The predicted octanol–water partition coefficient (Wildman–Crippen LogP) is 1.13. The molecule has 2 atom stereocenters. The lowest BCUT2D eigenvalue weighted by Gasteiger charge is -2.26. The second-order valence-corrected chi connectivity index (χ2v) is 3.57. The molecule has 4 nitrogen and oxygen atoms in total. The average molecular weight is 184 g/mol. The van der Waals surface area contributed by atoms with Crippen LogP contribution in [0.2, 0.25) is 0 Å². The van der Waals surface area contributed by atoms with Crippen LogP contribution in [-0.4, -0.2) is 22.2 Å². The molecule has 0 spiro atoms. The Labute approximate surface area is 75.9 Å². The highest BCUT2D eigenvalue weighted by molar-refractivity contribution is 5.78. The summed E-state index contributed by atoms with van der Waals surface area (Å²) in [5, 5.41) is 17.5. The van der Waals surface area contributed by atoms with E-state index in [9.17, 15) is 9.59 Å². The van der Waals surface area contributed by atoms with Gasteiger partial charge in [-0.3, -0.25) is 9.59 Å². The number of carbonyl (C=O) groups is 2. The summed E-state index contributed by atoms with van der Waals surface area (Å²) >= 11 is 0. The van der Waals surface area contributed by atoms with Gasteiger partial charge in [-0.25, -0.2) is 0 Å². The van der Waals surface area contributed by atoms with Gasteiger partial charge in [0.1, 0.15) is 0 Å². The molecule has 0 aromatic carbocycles. The second-order valence-electron chi connectivity index (χ2n) is 3.57. The minimum absolute atomic E-state index is 0.385. The molecule has 0 saturated carbocycles. The van der Waals surface area contributed by atoms with Crippen molar-refractivity contribution >= 4 is 11.9 Å². The van der Waals surface area contributed by atoms with Crippen LogP contribution < -0.4 is 0 Å². The molecule has 0 aromatic rings. The van der Waals surface area contributed by atoms with Crippen LogP contribution in [0.15, 0.2) is 12.2 Å². The summed E-state index contributed by atoms with van der Waals surface area (Å²) in [6.07, 6.45) is 3.74. The minimum Gasteiger partial charge on any atom is -0.481 e. The zero-order chi connectivity index (χ0) is 10.1. The molecule has 0 radical (unpaired) electrons. The first-order chi connectivity index (χ1) is 5.96. The van der Waals surface area contributed by atoms with Gasteiger partial charge in [0.05, 0.1) is 11.3 Å². The second kappa shape index (κ2) is 3.20. The van der Waals surface area contributed by atoms with Gasteiger partial charge in [0, 0.05) is 0 Å². The van der Waals surface area contributed by atoms with Gasteiger partial charge in [-0.2, -0.15) is 0 Å². The molecule has 0 amide bonds. The molecule has 0 fully saturated rings. The third-order valence-corrected chi connectivity index (χ3v) is 2.48. The maximum absolute atomic E-state index is 10.8. The van der Waals surface area contributed by atoms with Crippen molar-refractivity contribution < 1.29 is 19.8 Å². The normalized spacial score (nSPS) is 32.8. The van der Waals surface area contributed by atoms with Crippen molar-refractivity contribution in [3.8, 4) is 0 Å². The molecular formula is C9H12O4. The summed E-state index contributed by atoms with van der Waals surface area (Å²) in [5.74, 6) is -2.30. The Morgan fingerprint density at radius 1 is 1.46 bits per heavy atom. The lowest BCUT2D eigenvalue weighted by molar-refractivity contribution is -0.147. The van der Waals surface area contributed by atoms with Gasteiger partial charge in [0.25, 0.3) is 0 Å². The summed E-state index contributed by atoms with van der Waals surface area (Å²) in [6.45, 7) is 1.60. The van der Waals surface area contributed by atoms with E-state index in [-0.39, 0.29) is 0 Å². The van der Waals surface area contributed by atoms with E-state index >= 15 is 0 Å². The van der Waals surface area contributed by atoms with E-state index in [0.717, 1.165) is 0 Å². The van der Waals surface area contributed by atoms with Crippen molar-refractivity contribution in [3.63, 3.8) is 0 Å². The zero-order valence-corrected chi connectivity index (χ0v) is 7.36. The molecular weight excluding hydrogens is 172 g/mol. The fourth-order valence-electron chi connectivity index (χ4n) is 1.35. The average Bonchev–Trinajstić information content (AvgIpc) is 2.04. The third-order valence-electron chi connectivity index (χ3n) is 2.48. The fraction of sp³-hybridized carbons (Fsp3) is 0.556. The van der Waals surface area contributed by atoms with Gasteiger partial charge in [0.2, 0.25) is 0 Å². The molecule has 2 N–H and O–H groups in total. The van der Waals surface area contributed by atoms with Gasteiger partial charge >= 0.3 is 11.9 Å². The SMILES string of the molecule is CC1(C(=O)O)C=CC(C(=O)O)CC1. The van der Waals surface area contributed by atoms with Gasteiger partial charge in [0.15, 0.2) is 0 Å². The lowest BCUT2D eigenvalue weighted by Crippen LogP contribution is -2.30. The lowest BCUT2D eigenvalue weighted by atomic mass is 9.77. The molecule has 1 rings (SSSR count). The maximum Gasteiger partial charge on any atom is 0.313 e. The molecule has 0 bridgehead atoms. The van der Waals surface area contributed by atoms with E-state index in [4.69, 9.17) is 10.2 Å². The molecule has 4 heteroatoms. The summed E-state index contributed by atoms with van der Waals surface area (Å²) in [4.78, 5) is 21.3. The van der Waals surface area contributed by atoms with Crippen molar-refractivity contribution in [2.24, 2.45) is 11.3 Å². The molecule has 2 unspecified atom stereocenters. The van der Waals surface area contributed by atoms with Crippen LogP contribution in [0.25, 0.3) is 0 Å². The highest BCUT2D eigenvalue weighted by atomic mass is 16.4. The minimum atomic E-state index is -0.896. The predicted molar refractivity (Wildman–Crippen MR) is 45.2 cm³/mol. The number of rotatable bonds is 2. The first-order valence-corrected chi connectivity index (χ1v) is 4.11. The number of hydrogen-bond acceptors (Lipinski definition) is 2. The maximum atomic E-state index is 10.8. The highest BCUT2D eigenvalue weighted by Gasteiger charge is 2.35. The number of carboxylic acids is 2. The Bertz CT molecular complexity index is 269. The van der Waals surface area contributed by atoms with E-state index in [0.29, 0.717) is 12.8 Å². The monoisotopic (exact) mass is 184 g/mol. The van der Waals surface area contributed by atoms with Crippen molar-refractivity contribution in [2.75, 3.05) is 0 Å². The summed E-state index contributed by atoms with van der Waals surface area (Å²) in [7, 11) is 0. The Balaban J connectivity index is 2.77. The van der Waals surface area contributed by atoms with Crippen LogP contribution in [0.1, 0.15) is 19.8 Å². The highest BCUT2D eigenvalue weighted by Crippen LogP contribution is 2.33. The van der Waals surface area contributed by atoms with Crippen molar-refractivity contribution in [1.29, 1.82) is 0 Å². The van der Waals surface area contributed by atoms with Crippen LogP contribution >= 0.6 is 0 Å². The zero-order valence-electron chi connectivity index (χ0n) is 7.36. The summed E-state index contributed by atoms with van der Waals surface area (Å²) in [6, 6.07) is 0. The Hall–Kier alpha value is -1.32. The topological polar surface area (TPSA) is 74.6 Å². The molecule has 1 aliphatic rings. The molecule has 0 heterocycles. The quantitative estimate of drug-likeness (QED) is 0.631. The molecule has 72 valence electrons. The summed E-state index contributed by atoms with van der Waals surface area (Å²) < 4.78 is 0. The van der Waals surface area contributed by atoms with E-state index in [2.05, 4.69) is 0 Å². The molecule has 1 aliphatic carbocycles. The molecule has 0 aromatic heterocycles. The molecule has 0 saturated heterocycles. The first kappa shape index (κ1) is 9.77.